The van der Waals surface area contributed by atoms with E-state index in [0.717, 1.165) is 10.6 Å². The van der Waals surface area contributed by atoms with Gasteiger partial charge in [0.15, 0.2) is 0 Å². The number of amides is 1. The fourth-order valence-corrected chi connectivity index (χ4v) is 3.82. The van der Waals surface area contributed by atoms with E-state index in [-0.39, 0.29) is 10.8 Å². The van der Waals surface area contributed by atoms with E-state index in [1.807, 2.05) is 0 Å². The Labute approximate surface area is 145 Å². The van der Waals surface area contributed by atoms with Gasteiger partial charge in [-0.3, -0.25) is 4.79 Å². The second-order valence-corrected chi connectivity index (χ2v) is 7.70. The molecule has 2 rings (SSSR count). The Hall–Kier alpha value is -1.81. The van der Waals surface area contributed by atoms with Gasteiger partial charge < -0.3 is 11.1 Å². The van der Waals surface area contributed by atoms with Crippen LogP contribution in [0, 0.1) is 0 Å². The molecule has 0 bridgehead atoms. The lowest BCUT2D eigenvalue weighted by Crippen LogP contribution is -2.24. The third kappa shape index (κ3) is 4.84. The van der Waals surface area contributed by atoms with Crippen LogP contribution >= 0.6 is 11.3 Å². The highest BCUT2D eigenvalue weighted by atomic mass is 32.2. The number of carbonyl (C=O) groups is 1. The maximum Gasteiger partial charge on any atom is 0.271 e. The lowest BCUT2D eigenvalue weighted by Gasteiger charge is -2.07. The Morgan fingerprint density at radius 1 is 1.29 bits per heavy atom. The van der Waals surface area contributed by atoms with Crippen molar-refractivity contribution in [2.75, 3.05) is 13.1 Å². The first-order chi connectivity index (χ1) is 11.5. The van der Waals surface area contributed by atoms with Crippen LogP contribution in [0.3, 0.4) is 0 Å². The Morgan fingerprint density at radius 3 is 2.62 bits per heavy atom. The first-order valence-corrected chi connectivity index (χ1v) is 9.84. The zero-order valence-electron chi connectivity index (χ0n) is 13.3. The normalized spacial score (nSPS) is 11.4. The van der Waals surface area contributed by atoms with Crippen LogP contribution in [0.15, 0.2) is 34.5 Å². The van der Waals surface area contributed by atoms with Crippen molar-refractivity contribution in [3.8, 4) is 0 Å². The van der Waals surface area contributed by atoms with Gasteiger partial charge in [-0.1, -0.05) is 19.1 Å². The maximum absolute atomic E-state index is 12.0. The van der Waals surface area contributed by atoms with Crippen molar-refractivity contribution in [1.29, 1.82) is 0 Å². The van der Waals surface area contributed by atoms with Crippen LogP contribution in [0.25, 0.3) is 0 Å². The molecule has 4 N–H and O–H groups in total. The quantitative estimate of drug-likeness (QED) is 0.640. The van der Waals surface area contributed by atoms with Crippen LogP contribution in [-0.4, -0.2) is 32.4 Å². The molecule has 1 aromatic heterocycles. The molecule has 0 atom stereocenters. The Morgan fingerprint density at radius 2 is 2.00 bits per heavy atom. The van der Waals surface area contributed by atoms with E-state index in [9.17, 15) is 13.2 Å². The van der Waals surface area contributed by atoms with Crippen molar-refractivity contribution in [1.82, 2.24) is 15.0 Å². The summed E-state index contributed by atoms with van der Waals surface area (Å²) in [4.78, 5) is 16.5. The van der Waals surface area contributed by atoms with Crippen LogP contribution in [0.2, 0.25) is 0 Å². The molecule has 0 aliphatic rings. The molecule has 0 aliphatic heterocycles. The molecule has 0 saturated carbocycles. The molecule has 2 aromatic rings. The molecule has 24 heavy (non-hydrogen) atoms. The molecule has 0 radical (unpaired) electrons. The second-order valence-electron chi connectivity index (χ2n) is 4.99. The molecule has 1 amide bonds. The minimum Gasteiger partial charge on any atom is -0.347 e. The third-order valence-corrected chi connectivity index (χ3v) is 5.63. The fourth-order valence-electron chi connectivity index (χ4n) is 1.99. The van der Waals surface area contributed by atoms with E-state index >= 15 is 0 Å². The van der Waals surface area contributed by atoms with Crippen molar-refractivity contribution in [2.24, 2.45) is 5.73 Å². The zero-order valence-corrected chi connectivity index (χ0v) is 14.9. The van der Waals surface area contributed by atoms with Crippen LogP contribution in [-0.2, 0) is 23.0 Å². The molecule has 7 nitrogen and oxygen atoms in total. The highest BCUT2D eigenvalue weighted by Gasteiger charge is 2.13. The molecule has 0 unspecified atom stereocenters. The summed E-state index contributed by atoms with van der Waals surface area (Å²) >= 11 is 1.41. The van der Waals surface area contributed by atoms with Crippen molar-refractivity contribution < 1.29 is 13.2 Å². The summed E-state index contributed by atoms with van der Waals surface area (Å²) in [5.41, 5.74) is 6.63. The van der Waals surface area contributed by atoms with Gasteiger partial charge in [0, 0.05) is 24.9 Å². The summed E-state index contributed by atoms with van der Waals surface area (Å²) in [5.74, 6) is -0.265. The van der Waals surface area contributed by atoms with Crippen molar-refractivity contribution in [3.63, 3.8) is 0 Å². The van der Waals surface area contributed by atoms with Crippen LogP contribution in [0.1, 0.15) is 28.0 Å². The first kappa shape index (κ1) is 18.5. The minimum absolute atomic E-state index is 0.199. The van der Waals surface area contributed by atoms with Gasteiger partial charge in [-0.2, -0.15) is 0 Å². The number of benzene rings is 1. The summed E-state index contributed by atoms with van der Waals surface area (Å²) in [5, 5.41) is 5.30. The van der Waals surface area contributed by atoms with E-state index in [1.165, 1.54) is 23.5 Å². The van der Waals surface area contributed by atoms with Crippen LogP contribution in [0.4, 0.5) is 0 Å². The lowest BCUT2D eigenvalue weighted by atomic mass is 10.2. The third-order valence-electron chi connectivity index (χ3n) is 3.16. The van der Waals surface area contributed by atoms with Gasteiger partial charge in [0.05, 0.1) is 9.90 Å². The van der Waals surface area contributed by atoms with Gasteiger partial charge in [-0.25, -0.2) is 18.1 Å². The fraction of sp³-hybridized carbons (Fsp3) is 0.333. The van der Waals surface area contributed by atoms with Crippen molar-refractivity contribution in [2.45, 2.75) is 24.8 Å². The van der Waals surface area contributed by atoms with Gasteiger partial charge in [0.25, 0.3) is 5.91 Å². The molecular weight excluding hydrogens is 348 g/mol. The van der Waals surface area contributed by atoms with E-state index < -0.39 is 10.0 Å². The predicted octanol–water partition coefficient (Wildman–Crippen LogP) is 0.873. The minimum atomic E-state index is -3.46. The Balaban J connectivity index is 1.95. The van der Waals surface area contributed by atoms with Crippen molar-refractivity contribution in [3.05, 3.63) is 45.9 Å². The van der Waals surface area contributed by atoms with Gasteiger partial charge >= 0.3 is 0 Å². The number of thiazole rings is 1. The molecule has 9 heteroatoms. The highest BCUT2D eigenvalue weighted by Crippen LogP contribution is 2.12. The molecule has 1 aromatic carbocycles. The standard InChI is InChI=1S/C15H20N4O3S2/c1-2-18-24(21,22)12-5-3-11(4-6-12)9-17-15(20)13-10-23-14(19-13)7-8-16/h3-6,10,18H,2,7-9,16H2,1H3,(H,17,20). The average Bonchev–Trinajstić information content (AvgIpc) is 3.02. The number of nitrogens with one attached hydrogen (secondary N) is 2. The number of hydrogen-bond acceptors (Lipinski definition) is 6. The topological polar surface area (TPSA) is 114 Å². The Bertz CT molecular complexity index is 785. The van der Waals surface area contributed by atoms with Gasteiger partial charge in [0.2, 0.25) is 10.0 Å². The highest BCUT2D eigenvalue weighted by molar-refractivity contribution is 7.89. The van der Waals surface area contributed by atoms with E-state index in [0.29, 0.717) is 31.7 Å². The summed E-state index contributed by atoms with van der Waals surface area (Å²) in [6, 6.07) is 6.38. The lowest BCUT2D eigenvalue weighted by molar-refractivity contribution is 0.0946. The number of sulfonamides is 1. The summed E-state index contributed by atoms with van der Waals surface area (Å²) in [7, 11) is -3.46. The molecule has 0 saturated heterocycles. The number of aromatic nitrogens is 1. The molecule has 0 fully saturated rings. The number of rotatable bonds is 8. The number of nitrogens with zero attached hydrogens (tertiary/aromatic N) is 1. The van der Waals surface area contributed by atoms with Crippen molar-refractivity contribution >= 4 is 27.3 Å². The summed E-state index contributed by atoms with van der Waals surface area (Å²) in [6.45, 7) is 2.85. The van der Waals surface area contributed by atoms with Crippen LogP contribution in [0.5, 0.6) is 0 Å². The number of carbonyl (C=O) groups excluding carboxylic acids is 1. The van der Waals surface area contributed by atoms with Crippen LogP contribution < -0.4 is 15.8 Å². The second kappa shape index (κ2) is 8.34. The van der Waals surface area contributed by atoms with E-state index in [1.54, 1.807) is 24.4 Å². The number of hydrogen-bond donors (Lipinski definition) is 3. The summed E-state index contributed by atoms with van der Waals surface area (Å²) < 4.78 is 26.1. The first-order valence-electron chi connectivity index (χ1n) is 7.47. The molecule has 0 spiro atoms. The molecular formula is C15H20N4O3S2. The van der Waals surface area contributed by atoms with Gasteiger partial charge in [-0.15, -0.1) is 11.3 Å². The number of nitrogens with two attached hydrogens (primary N) is 1. The zero-order chi connectivity index (χ0) is 17.6. The molecule has 130 valence electrons. The monoisotopic (exact) mass is 368 g/mol. The maximum atomic E-state index is 12.0. The van der Waals surface area contributed by atoms with E-state index in [2.05, 4.69) is 15.0 Å². The summed E-state index contributed by atoms with van der Waals surface area (Å²) in [6.07, 6.45) is 0.652. The average molecular weight is 368 g/mol. The van der Waals surface area contributed by atoms with Gasteiger partial charge in [-0.05, 0) is 24.2 Å². The Kier molecular flexibility index (Phi) is 6.44. The largest absolute Gasteiger partial charge is 0.347 e. The predicted molar refractivity (Wildman–Crippen MR) is 93.3 cm³/mol. The SMILES string of the molecule is CCNS(=O)(=O)c1ccc(CNC(=O)c2csc(CCN)n2)cc1. The van der Waals surface area contributed by atoms with Gasteiger partial charge in [0.1, 0.15) is 5.69 Å². The molecule has 1 heterocycles. The smallest absolute Gasteiger partial charge is 0.271 e. The van der Waals surface area contributed by atoms with E-state index in [4.69, 9.17) is 5.73 Å². The molecule has 0 aliphatic carbocycles.